The van der Waals surface area contributed by atoms with Gasteiger partial charge in [-0.1, -0.05) is 0 Å². The molecule has 18 heteroatoms. The zero-order valence-corrected chi connectivity index (χ0v) is 21.7. The maximum Gasteiger partial charge on any atom is 0.217 e. The summed E-state index contributed by atoms with van der Waals surface area (Å²) in [6.07, 6.45) is -20.8. The number of carbonyl (C=O) groups excluding carboxylic acids is 2. The minimum Gasteiger partial charge on any atom is -0.394 e. The lowest BCUT2D eigenvalue weighted by molar-refractivity contribution is -0.351. The third kappa shape index (κ3) is 7.23. The molecule has 15 atom stereocenters. The molecule has 0 aromatic heterocycles. The van der Waals surface area contributed by atoms with E-state index in [-0.39, 0.29) is 0 Å². The highest BCUT2D eigenvalue weighted by Crippen LogP contribution is 2.30. The molecule has 3 rings (SSSR count). The maximum absolute atomic E-state index is 11.9. The minimum atomic E-state index is -1.83. The first-order chi connectivity index (χ1) is 18.8. The molecule has 3 aliphatic rings. The molecule has 3 saturated heterocycles. The van der Waals surface area contributed by atoms with E-state index in [1.165, 1.54) is 0 Å². The number of nitrogens with one attached hydrogen (secondary N) is 2. The summed E-state index contributed by atoms with van der Waals surface area (Å²) in [4.78, 5) is 23.2. The van der Waals surface area contributed by atoms with Crippen LogP contribution in [-0.4, -0.2) is 170 Å². The second-order valence-corrected chi connectivity index (χ2v) is 9.85. The molecule has 0 aromatic carbocycles. The zero-order chi connectivity index (χ0) is 29.9. The summed E-state index contributed by atoms with van der Waals surface area (Å²) in [6.45, 7) is 0.168. The molecule has 9 unspecified atom stereocenters. The van der Waals surface area contributed by atoms with Crippen molar-refractivity contribution in [2.45, 2.75) is 106 Å². The van der Waals surface area contributed by atoms with Crippen LogP contribution in [0.3, 0.4) is 0 Å². The van der Waals surface area contributed by atoms with E-state index < -0.39 is 124 Å². The number of rotatable bonds is 9. The second kappa shape index (κ2) is 14.0. The summed E-state index contributed by atoms with van der Waals surface area (Å²) >= 11 is 0. The molecule has 40 heavy (non-hydrogen) atoms. The molecule has 0 saturated carbocycles. The smallest absolute Gasteiger partial charge is 0.217 e. The molecule has 2 amide bonds. The Balaban J connectivity index is 1.73. The van der Waals surface area contributed by atoms with E-state index in [1.54, 1.807) is 0 Å². The molecule has 18 nitrogen and oxygen atoms in total. The van der Waals surface area contributed by atoms with Gasteiger partial charge >= 0.3 is 0 Å². The van der Waals surface area contributed by atoms with Gasteiger partial charge in [0.1, 0.15) is 73.1 Å². The summed E-state index contributed by atoms with van der Waals surface area (Å²) < 4.78 is 27.4. The summed E-state index contributed by atoms with van der Waals surface area (Å²) in [5.41, 5.74) is 0. The lowest BCUT2D eigenvalue weighted by atomic mass is 9.95. The Morgan fingerprint density at radius 2 is 1.20 bits per heavy atom. The highest BCUT2D eigenvalue weighted by molar-refractivity contribution is 5.73. The van der Waals surface area contributed by atoms with Gasteiger partial charge in [-0.2, -0.15) is 0 Å². The average molecular weight is 587 g/mol. The molecule has 0 bridgehead atoms. The van der Waals surface area contributed by atoms with Gasteiger partial charge in [0.2, 0.25) is 11.8 Å². The highest BCUT2D eigenvalue weighted by Gasteiger charge is 2.52. The molecule has 0 radical (unpaired) electrons. The lowest BCUT2D eigenvalue weighted by Crippen LogP contribution is -2.68. The number of aliphatic hydroxyl groups excluding tert-OH is 9. The van der Waals surface area contributed by atoms with E-state index in [2.05, 4.69) is 10.6 Å². The van der Waals surface area contributed by atoms with Crippen molar-refractivity contribution in [3.05, 3.63) is 0 Å². The van der Waals surface area contributed by atoms with Crippen molar-refractivity contribution in [2.24, 2.45) is 0 Å². The van der Waals surface area contributed by atoms with Crippen LogP contribution in [0.15, 0.2) is 0 Å². The van der Waals surface area contributed by atoms with Crippen LogP contribution in [0.5, 0.6) is 0 Å². The molecule has 0 aliphatic carbocycles. The standard InChI is InChI=1S/C22H38N2O16/c1-6(27)23-11-15(31)14(30)10(37-20(11)35)5-36-21-12(24-7(2)28)16(32)19(9(4-26)39-21)40-22-18(34)17(33)13(29)8(3-25)38-22/h8-22,25-26,29-35H,3-5H2,1-2H3,(H,23,27)(H,24,28)/t8?,9?,10?,11?,12?,13?,14?,15-,16-,17+,18?,19?,20+,21-,22+/m1/s1. The van der Waals surface area contributed by atoms with Gasteiger partial charge in [0.15, 0.2) is 18.9 Å². The van der Waals surface area contributed by atoms with Crippen molar-refractivity contribution in [3.8, 4) is 0 Å². The third-order valence-electron chi connectivity index (χ3n) is 6.88. The molecule has 3 aliphatic heterocycles. The molecular weight excluding hydrogens is 548 g/mol. The van der Waals surface area contributed by atoms with E-state index in [4.69, 9.17) is 23.7 Å². The van der Waals surface area contributed by atoms with Crippen LogP contribution in [0.2, 0.25) is 0 Å². The first kappa shape index (κ1) is 32.9. The van der Waals surface area contributed by atoms with Crippen LogP contribution in [-0.2, 0) is 33.3 Å². The van der Waals surface area contributed by atoms with E-state index >= 15 is 0 Å². The Morgan fingerprint density at radius 1 is 0.650 bits per heavy atom. The van der Waals surface area contributed by atoms with Gasteiger partial charge in [0.05, 0.1) is 19.8 Å². The van der Waals surface area contributed by atoms with Crippen molar-refractivity contribution in [1.82, 2.24) is 10.6 Å². The van der Waals surface area contributed by atoms with Crippen LogP contribution < -0.4 is 10.6 Å². The van der Waals surface area contributed by atoms with Gasteiger partial charge in [0, 0.05) is 13.8 Å². The molecule has 0 aromatic rings. The fourth-order valence-corrected chi connectivity index (χ4v) is 4.76. The Hall–Kier alpha value is -1.62. The van der Waals surface area contributed by atoms with E-state index in [0.29, 0.717) is 0 Å². The maximum atomic E-state index is 11.9. The topological polar surface area (TPSA) is 286 Å². The molecule has 11 N–H and O–H groups in total. The van der Waals surface area contributed by atoms with Gasteiger partial charge < -0.3 is 80.3 Å². The zero-order valence-electron chi connectivity index (χ0n) is 21.7. The Bertz CT molecular complexity index is 852. The summed E-state index contributed by atoms with van der Waals surface area (Å²) in [5, 5.41) is 96.3. The van der Waals surface area contributed by atoms with Gasteiger partial charge in [0.25, 0.3) is 0 Å². The number of amides is 2. The van der Waals surface area contributed by atoms with Crippen LogP contribution in [0.4, 0.5) is 0 Å². The monoisotopic (exact) mass is 586 g/mol. The summed E-state index contributed by atoms with van der Waals surface area (Å²) in [5.74, 6) is -1.24. The third-order valence-corrected chi connectivity index (χ3v) is 6.88. The van der Waals surface area contributed by atoms with Gasteiger partial charge in [-0.15, -0.1) is 0 Å². The average Bonchev–Trinajstić information content (AvgIpc) is 2.90. The lowest BCUT2D eigenvalue weighted by Gasteiger charge is -2.47. The van der Waals surface area contributed by atoms with Crippen LogP contribution in [0.25, 0.3) is 0 Å². The molecule has 0 spiro atoms. The largest absolute Gasteiger partial charge is 0.394 e. The Kier molecular flexibility index (Phi) is 11.5. The fourth-order valence-electron chi connectivity index (χ4n) is 4.76. The van der Waals surface area contributed by atoms with E-state index in [9.17, 15) is 55.5 Å². The number of hydrogen-bond acceptors (Lipinski definition) is 16. The molecule has 3 heterocycles. The van der Waals surface area contributed by atoms with E-state index in [0.717, 1.165) is 13.8 Å². The Morgan fingerprint density at radius 3 is 1.77 bits per heavy atom. The normalized spacial score (nSPS) is 46.0. The first-order valence-corrected chi connectivity index (χ1v) is 12.6. The molecule has 232 valence electrons. The van der Waals surface area contributed by atoms with Crippen molar-refractivity contribution >= 4 is 11.8 Å². The van der Waals surface area contributed by atoms with Gasteiger partial charge in [-0.25, -0.2) is 0 Å². The Labute approximate surface area is 228 Å². The summed E-state index contributed by atoms with van der Waals surface area (Å²) in [6, 6.07) is -2.72. The van der Waals surface area contributed by atoms with Crippen LogP contribution in [0, 0.1) is 0 Å². The van der Waals surface area contributed by atoms with Crippen LogP contribution in [0.1, 0.15) is 13.8 Å². The van der Waals surface area contributed by atoms with E-state index in [1.807, 2.05) is 0 Å². The highest BCUT2D eigenvalue weighted by atomic mass is 16.7. The van der Waals surface area contributed by atoms with Crippen LogP contribution >= 0.6 is 0 Å². The number of aliphatic hydroxyl groups is 9. The number of hydrogen-bond donors (Lipinski definition) is 11. The molecular formula is C22H38N2O16. The van der Waals surface area contributed by atoms with Crippen molar-refractivity contribution in [1.29, 1.82) is 0 Å². The second-order valence-electron chi connectivity index (χ2n) is 9.85. The summed E-state index contributed by atoms with van der Waals surface area (Å²) in [7, 11) is 0. The quantitative estimate of drug-likeness (QED) is 0.120. The molecule has 3 fully saturated rings. The number of carbonyl (C=O) groups is 2. The predicted octanol–water partition coefficient (Wildman–Crippen LogP) is -7.29. The van der Waals surface area contributed by atoms with Crippen molar-refractivity contribution in [2.75, 3.05) is 19.8 Å². The van der Waals surface area contributed by atoms with Gasteiger partial charge in [-0.05, 0) is 0 Å². The number of ether oxygens (including phenoxy) is 5. The van der Waals surface area contributed by atoms with Gasteiger partial charge in [-0.3, -0.25) is 9.59 Å². The minimum absolute atomic E-state index is 0.564. The SMILES string of the molecule is CC(=O)NC1[C@H](OCC2O[C@H](O)C(NC(C)=O)[C@@H](O)C2O)OC(CO)C(O[C@@H]2OC(CO)C(O)[C@H](O)C2O)[C@@H]1O. The fraction of sp³-hybridized carbons (Fsp3) is 0.909. The van der Waals surface area contributed by atoms with Crippen molar-refractivity contribution in [3.63, 3.8) is 0 Å². The predicted molar refractivity (Wildman–Crippen MR) is 124 cm³/mol. The first-order valence-electron chi connectivity index (χ1n) is 12.6. The van der Waals surface area contributed by atoms with Crippen molar-refractivity contribution < 1.29 is 79.2 Å².